The molecule has 1 aliphatic heterocycles. The summed E-state index contributed by atoms with van der Waals surface area (Å²) in [7, 11) is 0. The van der Waals surface area contributed by atoms with Gasteiger partial charge in [0.25, 0.3) is 0 Å². The molecule has 2 rings (SSSR count). The molecular formula is C8H9ClN4O4. The third kappa shape index (κ3) is 1.99. The molecule has 8 nitrogen and oxygen atoms in total. The van der Waals surface area contributed by atoms with Gasteiger partial charge in [-0.05, 0) is 0 Å². The van der Waals surface area contributed by atoms with Crippen molar-refractivity contribution in [2.75, 3.05) is 6.61 Å². The van der Waals surface area contributed by atoms with Crippen LogP contribution in [0.5, 0.6) is 0 Å². The van der Waals surface area contributed by atoms with Gasteiger partial charge in [0.15, 0.2) is 11.4 Å². The molecule has 0 radical (unpaired) electrons. The smallest absolute Gasteiger partial charge is 0.201 e. The lowest BCUT2D eigenvalue weighted by Crippen LogP contribution is -2.33. The van der Waals surface area contributed by atoms with Crippen LogP contribution in [0.25, 0.3) is 0 Å². The molecule has 17 heavy (non-hydrogen) atoms. The Bertz CT molecular complexity index is 459. The van der Waals surface area contributed by atoms with Crippen LogP contribution in [0.3, 0.4) is 0 Å². The molecule has 0 bridgehead atoms. The normalized spacial score (nSPS) is 32.6. The van der Waals surface area contributed by atoms with Crippen molar-refractivity contribution in [3.63, 3.8) is 0 Å². The van der Waals surface area contributed by atoms with Gasteiger partial charge >= 0.3 is 0 Å². The fourth-order valence-corrected chi connectivity index (χ4v) is 1.71. The third-order valence-electron chi connectivity index (χ3n) is 2.44. The maximum absolute atomic E-state index is 9.67. The van der Waals surface area contributed by atoms with Gasteiger partial charge in [0.05, 0.1) is 6.61 Å². The number of ether oxygens (including phenoxy) is 1. The van der Waals surface area contributed by atoms with Crippen LogP contribution in [0, 0.1) is 11.3 Å². The number of aliphatic hydroxyl groups is 3. The van der Waals surface area contributed by atoms with Crippen molar-refractivity contribution in [3.8, 4) is 6.07 Å². The number of rotatable bonds is 2. The SMILES string of the molecule is N#Cc1nn([C@@H]2O[C@H](CO)[C@@H](O)[C@H]2O)nc1Cl. The minimum absolute atomic E-state index is 0.107. The number of aliphatic hydroxyl groups excluding tert-OH is 3. The molecule has 3 N–H and O–H groups in total. The number of hydrogen-bond donors (Lipinski definition) is 3. The van der Waals surface area contributed by atoms with E-state index < -0.39 is 31.1 Å². The van der Waals surface area contributed by atoms with E-state index in [4.69, 9.17) is 26.7 Å². The lowest BCUT2D eigenvalue weighted by Gasteiger charge is -2.12. The number of aromatic nitrogens is 3. The summed E-state index contributed by atoms with van der Waals surface area (Å²) in [6.45, 7) is -0.450. The van der Waals surface area contributed by atoms with Crippen LogP contribution in [0.2, 0.25) is 5.15 Å². The van der Waals surface area contributed by atoms with Gasteiger partial charge in [-0.15, -0.1) is 15.0 Å². The van der Waals surface area contributed by atoms with E-state index >= 15 is 0 Å². The molecule has 1 aliphatic rings. The fourth-order valence-electron chi connectivity index (χ4n) is 1.56. The molecule has 1 fully saturated rings. The highest BCUT2D eigenvalue weighted by Crippen LogP contribution is 2.28. The van der Waals surface area contributed by atoms with Crippen molar-refractivity contribution in [1.82, 2.24) is 15.0 Å². The van der Waals surface area contributed by atoms with Gasteiger partial charge in [-0.3, -0.25) is 0 Å². The van der Waals surface area contributed by atoms with E-state index in [1.54, 1.807) is 6.07 Å². The van der Waals surface area contributed by atoms with E-state index in [2.05, 4.69) is 10.2 Å². The largest absolute Gasteiger partial charge is 0.394 e. The van der Waals surface area contributed by atoms with Gasteiger partial charge in [-0.1, -0.05) is 11.6 Å². The third-order valence-corrected chi connectivity index (χ3v) is 2.69. The van der Waals surface area contributed by atoms with E-state index in [1.165, 1.54) is 0 Å². The number of halogens is 1. The topological polar surface area (TPSA) is 124 Å². The van der Waals surface area contributed by atoms with Crippen LogP contribution in [0.15, 0.2) is 0 Å². The predicted molar refractivity (Wildman–Crippen MR) is 52.8 cm³/mol. The van der Waals surface area contributed by atoms with E-state index in [0.29, 0.717) is 0 Å². The van der Waals surface area contributed by atoms with Gasteiger partial charge < -0.3 is 20.1 Å². The summed E-state index contributed by atoms with van der Waals surface area (Å²) in [5, 5.41) is 44.0. The number of hydrogen-bond acceptors (Lipinski definition) is 7. The molecule has 0 spiro atoms. The zero-order chi connectivity index (χ0) is 12.6. The Kier molecular flexibility index (Phi) is 3.28. The lowest BCUT2D eigenvalue weighted by molar-refractivity contribution is -0.0655. The Morgan fingerprint density at radius 3 is 2.59 bits per heavy atom. The Hall–Kier alpha value is -1.24. The molecule has 9 heteroatoms. The summed E-state index contributed by atoms with van der Waals surface area (Å²) in [5.41, 5.74) is -0.107. The first-order chi connectivity index (χ1) is 8.08. The average molecular weight is 261 g/mol. The molecule has 1 aromatic rings. The van der Waals surface area contributed by atoms with Crippen LogP contribution in [0.4, 0.5) is 0 Å². The van der Waals surface area contributed by atoms with Crippen LogP contribution in [-0.4, -0.2) is 55.2 Å². The van der Waals surface area contributed by atoms with E-state index in [-0.39, 0.29) is 10.8 Å². The Balaban J connectivity index is 2.26. The standard InChI is InChI=1S/C8H9ClN4O4/c9-7-3(1-10)11-13(12-7)8-6(16)5(15)4(2-14)17-8/h4-6,8,14-16H,2H2/t4-,5-,6-,8-/m1/s1. The highest BCUT2D eigenvalue weighted by atomic mass is 35.5. The first-order valence-electron chi connectivity index (χ1n) is 4.73. The summed E-state index contributed by atoms with van der Waals surface area (Å²) >= 11 is 5.61. The minimum Gasteiger partial charge on any atom is -0.394 e. The maximum Gasteiger partial charge on any atom is 0.201 e. The lowest BCUT2D eigenvalue weighted by atomic mass is 10.1. The quantitative estimate of drug-likeness (QED) is 0.586. The molecule has 1 saturated heterocycles. The molecule has 92 valence electrons. The molecule has 0 aliphatic carbocycles. The van der Waals surface area contributed by atoms with Gasteiger partial charge in [-0.2, -0.15) is 5.26 Å². The van der Waals surface area contributed by atoms with Crippen LogP contribution in [0.1, 0.15) is 11.9 Å². The second kappa shape index (κ2) is 4.56. The summed E-state index contributed by atoms with van der Waals surface area (Å²) in [6.07, 6.45) is -4.56. The molecule has 0 saturated carbocycles. The van der Waals surface area contributed by atoms with Crippen LogP contribution < -0.4 is 0 Å². The second-order valence-corrected chi connectivity index (χ2v) is 3.86. The van der Waals surface area contributed by atoms with E-state index in [9.17, 15) is 10.2 Å². The van der Waals surface area contributed by atoms with E-state index in [0.717, 1.165) is 4.80 Å². The summed E-state index contributed by atoms with van der Waals surface area (Å²) in [4.78, 5) is 0.907. The molecule has 4 atom stereocenters. The molecule has 0 aromatic carbocycles. The fraction of sp³-hybridized carbons (Fsp3) is 0.625. The van der Waals surface area contributed by atoms with Crippen molar-refractivity contribution < 1.29 is 20.1 Å². The maximum atomic E-state index is 9.67. The monoisotopic (exact) mass is 260 g/mol. The van der Waals surface area contributed by atoms with Crippen molar-refractivity contribution in [3.05, 3.63) is 10.8 Å². The Morgan fingerprint density at radius 2 is 2.12 bits per heavy atom. The zero-order valence-electron chi connectivity index (χ0n) is 8.43. The highest BCUT2D eigenvalue weighted by Gasteiger charge is 2.44. The number of nitrogens with zero attached hydrogens (tertiary/aromatic N) is 4. The summed E-state index contributed by atoms with van der Waals surface area (Å²) < 4.78 is 5.15. The molecular weight excluding hydrogens is 252 g/mol. The van der Waals surface area contributed by atoms with Crippen molar-refractivity contribution >= 4 is 11.6 Å². The molecule has 2 heterocycles. The van der Waals surface area contributed by atoms with Crippen molar-refractivity contribution in [2.45, 2.75) is 24.5 Å². The van der Waals surface area contributed by atoms with Crippen molar-refractivity contribution in [2.24, 2.45) is 0 Å². The van der Waals surface area contributed by atoms with E-state index in [1.807, 2.05) is 0 Å². The first kappa shape index (κ1) is 12.2. The Morgan fingerprint density at radius 1 is 1.41 bits per heavy atom. The molecule has 0 amide bonds. The molecule has 0 unspecified atom stereocenters. The van der Waals surface area contributed by atoms with Crippen molar-refractivity contribution in [1.29, 1.82) is 5.26 Å². The predicted octanol–water partition coefficient (Wildman–Crippen LogP) is -1.59. The first-order valence-corrected chi connectivity index (χ1v) is 5.11. The second-order valence-electron chi connectivity index (χ2n) is 3.50. The zero-order valence-corrected chi connectivity index (χ0v) is 9.19. The highest BCUT2D eigenvalue weighted by molar-refractivity contribution is 6.30. The number of nitriles is 1. The van der Waals surface area contributed by atoms with Crippen LogP contribution in [-0.2, 0) is 4.74 Å². The van der Waals surface area contributed by atoms with Gasteiger partial charge in [0, 0.05) is 0 Å². The summed E-state index contributed by atoms with van der Waals surface area (Å²) in [5.74, 6) is 0. The van der Waals surface area contributed by atoms with Crippen LogP contribution >= 0.6 is 11.6 Å². The summed E-state index contributed by atoms with van der Waals surface area (Å²) in [6, 6.07) is 1.71. The van der Waals surface area contributed by atoms with Gasteiger partial charge in [0.1, 0.15) is 24.4 Å². The van der Waals surface area contributed by atoms with Gasteiger partial charge in [-0.25, -0.2) is 0 Å². The minimum atomic E-state index is -1.30. The molecule has 1 aromatic heterocycles. The average Bonchev–Trinajstić information content (AvgIpc) is 2.82. The Labute approximate surface area is 101 Å². The van der Waals surface area contributed by atoms with Gasteiger partial charge in [0.2, 0.25) is 5.69 Å².